The fourth-order valence-corrected chi connectivity index (χ4v) is 8.50. The van der Waals surface area contributed by atoms with Gasteiger partial charge in [0, 0.05) is 57.9 Å². The summed E-state index contributed by atoms with van der Waals surface area (Å²) in [6.07, 6.45) is -5.15. The topological polar surface area (TPSA) is 168 Å². The van der Waals surface area contributed by atoms with Crippen LogP contribution in [0.1, 0.15) is 58.9 Å². The maximum atomic E-state index is 14.5. The lowest BCUT2D eigenvalue weighted by atomic mass is 9.86. The van der Waals surface area contributed by atoms with Crippen LogP contribution in [-0.2, 0) is 37.0 Å². The van der Waals surface area contributed by atoms with Crippen LogP contribution >= 0.6 is 0 Å². The first kappa shape index (κ1) is 42.8. The molecule has 0 atom stereocenters. The Hall–Kier alpha value is -4.79. The van der Waals surface area contributed by atoms with Crippen LogP contribution in [0.4, 0.5) is 22.8 Å². The fourth-order valence-electron chi connectivity index (χ4n) is 7.02. The molecule has 1 aromatic heterocycles. The number of urea groups is 1. The molecule has 20 heteroatoms. The Kier molecular flexibility index (Phi) is 12.1. The molecule has 3 aliphatic rings. The van der Waals surface area contributed by atoms with Gasteiger partial charge in [-0.1, -0.05) is 17.3 Å². The van der Waals surface area contributed by atoms with E-state index >= 15 is 0 Å². The molecule has 3 aliphatic heterocycles. The minimum absolute atomic E-state index is 0.118. The van der Waals surface area contributed by atoms with E-state index in [2.05, 4.69) is 15.0 Å². The van der Waals surface area contributed by atoms with E-state index in [0.29, 0.717) is 32.8 Å². The van der Waals surface area contributed by atoms with Gasteiger partial charge in [0.25, 0.3) is 5.91 Å². The average Bonchev–Trinajstić information content (AvgIpc) is 3.71. The number of carbonyl (C=O) groups excluding carboxylic acids is 3. The van der Waals surface area contributed by atoms with Crippen LogP contribution in [0.2, 0.25) is 0 Å². The number of para-hydroxylation sites is 1. The second-order valence-electron chi connectivity index (χ2n) is 15.7. The number of alkyl halides is 3. The normalized spacial score (nSPS) is 18.2. The molecule has 4 heterocycles. The first-order chi connectivity index (χ1) is 27.2. The van der Waals surface area contributed by atoms with Crippen molar-refractivity contribution in [1.29, 1.82) is 0 Å². The average molecular weight is 836 g/mol. The van der Waals surface area contributed by atoms with Gasteiger partial charge in [-0.05, 0) is 77.8 Å². The molecule has 16 nitrogen and oxygen atoms in total. The molecule has 58 heavy (non-hydrogen) atoms. The highest BCUT2D eigenvalue weighted by Gasteiger charge is 2.58. The van der Waals surface area contributed by atoms with Crippen LogP contribution in [0.25, 0.3) is 11.4 Å². The van der Waals surface area contributed by atoms with Gasteiger partial charge in [0.15, 0.2) is 0 Å². The largest absolute Gasteiger partial charge is 0.455 e. The molecular formula is C38H48F3N7O9S. The smallest absolute Gasteiger partial charge is 0.420 e. The molecule has 4 amide bonds. The summed E-state index contributed by atoms with van der Waals surface area (Å²) in [6, 6.07) is 7.40. The van der Waals surface area contributed by atoms with E-state index < -0.39 is 69.3 Å². The minimum atomic E-state index is -4.95. The third-order valence-corrected chi connectivity index (χ3v) is 12.4. The van der Waals surface area contributed by atoms with Crippen molar-refractivity contribution in [2.75, 3.05) is 59.5 Å². The summed E-state index contributed by atoms with van der Waals surface area (Å²) in [5.41, 5.74) is -3.33. The number of hydrogen-bond acceptors (Lipinski definition) is 12. The number of rotatable bonds is 11. The van der Waals surface area contributed by atoms with Gasteiger partial charge in [-0.25, -0.2) is 18.0 Å². The molecule has 316 valence electrons. The van der Waals surface area contributed by atoms with Crippen LogP contribution in [-0.4, -0.2) is 137 Å². The number of piperidine rings is 1. The summed E-state index contributed by atoms with van der Waals surface area (Å²) in [6.45, 7) is 11.6. The Morgan fingerprint density at radius 1 is 0.983 bits per heavy atom. The number of hydrogen-bond donors (Lipinski definition) is 0. The van der Waals surface area contributed by atoms with Gasteiger partial charge in [-0.3, -0.25) is 14.6 Å². The zero-order valence-electron chi connectivity index (χ0n) is 33.2. The van der Waals surface area contributed by atoms with Crippen molar-refractivity contribution in [3.8, 4) is 22.9 Å². The number of aromatic nitrogens is 2. The number of morpholine rings is 1. The molecule has 6 rings (SSSR count). The Balaban J connectivity index is 1.23. The Morgan fingerprint density at radius 2 is 1.66 bits per heavy atom. The molecule has 0 saturated carbocycles. The maximum absolute atomic E-state index is 14.5. The number of carbonyl (C=O) groups is 3. The van der Waals surface area contributed by atoms with Gasteiger partial charge < -0.3 is 28.5 Å². The van der Waals surface area contributed by atoms with Crippen LogP contribution in [0, 0.1) is 0 Å². The number of ether oxygens (including phenoxy) is 3. The van der Waals surface area contributed by atoms with Crippen molar-refractivity contribution in [2.24, 2.45) is 0 Å². The van der Waals surface area contributed by atoms with Gasteiger partial charge in [-0.15, -0.1) is 0 Å². The molecule has 2 aromatic carbocycles. The number of benzene rings is 2. The highest BCUT2D eigenvalue weighted by molar-refractivity contribution is 7.89. The fraction of sp³-hybridized carbons (Fsp3) is 0.553. The maximum Gasteiger partial charge on any atom is 0.420 e. The monoisotopic (exact) mass is 835 g/mol. The summed E-state index contributed by atoms with van der Waals surface area (Å²) in [7, 11) is -2.76. The molecule has 1 spiro atoms. The third kappa shape index (κ3) is 8.93. The summed E-state index contributed by atoms with van der Waals surface area (Å²) in [5.74, 6) is -1.93. The molecule has 0 unspecified atom stereocenters. The lowest BCUT2D eigenvalue weighted by Gasteiger charge is -2.42. The standard InChI is InChI=1S/C38H48F3N7O9S/c1-25(2)44(6)58(52,53)30-10-8-7-9-29(30)55-28-12-11-26(23-27(28)38(39,40)41)32-42-31(57-43-32)24-47-33(49)37(13-15-46(16-14-37)35(51)56-36(3,4)5)48(34(47)50)18-17-45-19-21-54-22-20-45/h7-12,23,25H,13-22,24H2,1-6H3. The summed E-state index contributed by atoms with van der Waals surface area (Å²) >= 11 is 0. The highest BCUT2D eigenvalue weighted by atomic mass is 32.2. The molecule has 3 aromatic rings. The van der Waals surface area contributed by atoms with Gasteiger partial charge in [0.2, 0.25) is 21.7 Å². The van der Waals surface area contributed by atoms with Crippen molar-refractivity contribution >= 4 is 28.1 Å². The molecule has 0 aliphatic carbocycles. The van der Waals surface area contributed by atoms with Crippen LogP contribution < -0.4 is 4.74 Å². The van der Waals surface area contributed by atoms with Crippen molar-refractivity contribution in [2.45, 2.75) is 82.3 Å². The zero-order valence-corrected chi connectivity index (χ0v) is 34.1. The quantitative estimate of drug-likeness (QED) is 0.225. The van der Waals surface area contributed by atoms with Gasteiger partial charge in [-0.2, -0.15) is 22.5 Å². The van der Waals surface area contributed by atoms with E-state index in [1.54, 1.807) is 34.6 Å². The number of sulfonamides is 1. The predicted molar refractivity (Wildman–Crippen MR) is 201 cm³/mol. The van der Waals surface area contributed by atoms with Gasteiger partial charge in [0.1, 0.15) is 34.1 Å². The number of halogens is 3. The number of imide groups is 1. The second-order valence-corrected chi connectivity index (χ2v) is 17.6. The van der Waals surface area contributed by atoms with Crippen molar-refractivity contribution in [3.63, 3.8) is 0 Å². The Bertz CT molecular complexity index is 2110. The summed E-state index contributed by atoms with van der Waals surface area (Å²) < 4.78 is 93.2. The van der Waals surface area contributed by atoms with E-state index in [1.165, 1.54) is 47.2 Å². The first-order valence-corrected chi connectivity index (χ1v) is 20.4. The van der Waals surface area contributed by atoms with Crippen molar-refractivity contribution in [1.82, 2.24) is 34.0 Å². The minimum Gasteiger partial charge on any atom is -0.455 e. The van der Waals surface area contributed by atoms with Crippen molar-refractivity contribution < 1.29 is 54.7 Å². The van der Waals surface area contributed by atoms with Crippen LogP contribution in [0.3, 0.4) is 0 Å². The van der Waals surface area contributed by atoms with E-state index in [4.69, 9.17) is 18.7 Å². The lowest BCUT2D eigenvalue weighted by Crippen LogP contribution is -2.58. The molecule has 3 saturated heterocycles. The summed E-state index contributed by atoms with van der Waals surface area (Å²) in [5, 5.41) is 3.86. The molecule has 3 fully saturated rings. The highest BCUT2D eigenvalue weighted by Crippen LogP contribution is 2.42. The first-order valence-electron chi connectivity index (χ1n) is 18.9. The lowest BCUT2D eigenvalue weighted by molar-refractivity contribution is -0.138. The van der Waals surface area contributed by atoms with Crippen molar-refractivity contribution in [3.05, 3.63) is 53.9 Å². The van der Waals surface area contributed by atoms with Gasteiger partial charge in [0.05, 0.1) is 18.8 Å². The third-order valence-electron chi connectivity index (χ3n) is 10.4. The van der Waals surface area contributed by atoms with E-state index in [1.807, 2.05) is 0 Å². The summed E-state index contributed by atoms with van der Waals surface area (Å²) in [4.78, 5) is 51.3. The van der Waals surface area contributed by atoms with Gasteiger partial charge >= 0.3 is 18.3 Å². The molecule has 0 N–H and O–H groups in total. The molecule has 0 radical (unpaired) electrons. The van der Waals surface area contributed by atoms with Crippen LogP contribution in [0.5, 0.6) is 11.5 Å². The number of nitrogens with zero attached hydrogens (tertiary/aromatic N) is 7. The zero-order chi connectivity index (χ0) is 42.2. The number of likely N-dealkylation sites (tertiary alicyclic amines) is 1. The Morgan fingerprint density at radius 3 is 2.29 bits per heavy atom. The SMILES string of the molecule is CC(C)N(C)S(=O)(=O)c1ccccc1Oc1ccc(-c2noc(CN3C(=O)N(CCN4CCOCC4)C4(CCN(C(=O)OC(C)(C)C)CC4)C3=O)n2)cc1C(F)(F)F. The predicted octanol–water partition coefficient (Wildman–Crippen LogP) is 5.44. The number of amides is 4. The van der Waals surface area contributed by atoms with E-state index in [9.17, 15) is 36.0 Å². The van der Waals surface area contributed by atoms with Crippen LogP contribution in [0.15, 0.2) is 51.9 Å². The van der Waals surface area contributed by atoms with E-state index in [-0.39, 0.29) is 60.4 Å². The Labute approximate surface area is 334 Å². The second kappa shape index (κ2) is 16.5. The van der Waals surface area contributed by atoms with E-state index in [0.717, 1.165) is 21.3 Å². The molecular weight excluding hydrogens is 788 g/mol. The molecule has 0 bridgehead atoms.